The van der Waals surface area contributed by atoms with Crippen molar-refractivity contribution < 1.29 is 47.2 Å². The van der Waals surface area contributed by atoms with Crippen LogP contribution in [0.2, 0.25) is 5.02 Å². The third-order valence-electron chi connectivity index (χ3n) is 5.45. The molecule has 0 aliphatic rings. The molecule has 1 N–H and O–H groups in total. The maximum atomic E-state index is 13.3. The van der Waals surface area contributed by atoms with Crippen LogP contribution in [0.15, 0.2) is 83.9 Å². The number of aryl methyl sites for hydroxylation is 1. The van der Waals surface area contributed by atoms with Crippen molar-refractivity contribution in [1.82, 2.24) is 14.9 Å². The fourth-order valence-corrected chi connectivity index (χ4v) is 4.58. The topological polar surface area (TPSA) is 95.2 Å². The number of hydrogen-bond acceptors (Lipinski definition) is 4. The summed E-state index contributed by atoms with van der Waals surface area (Å²) in [6.45, 7) is 2.24. The van der Waals surface area contributed by atoms with Crippen molar-refractivity contribution >= 4 is 27.7 Å². The van der Waals surface area contributed by atoms with Crippen LogP contribution in [-0.4, -0.2) is 30.5 Å². The van der Waals surface area contributed by atoms with Crippen molar-refractivity contribution in [1.29, 1.82) is 0 Å². The molecular formula is C26H23ClFN4NaO3S. The van der Waals surface area contributed by atoms with E-state index < -0.39 is 16.1 Å². The molecule has 7 nitrogen and oxygen atoms in total. The number of halogens is 2. The maximum absolute atomic E-state index is 13.3. The first-order valence-electron chi connectivity index (χ1n) is 11.2. The van der Waals surface area contributed by atoms with Gasteiger partial charge in [-0.2, -0.15) is 0 Å². The number of carbonyl (C=O) groups excluding carboxylic acids is 1. The van der Waals surface area contributed by atoms with Gasteiger partial charge in [0.1, 0.15) is 11.6 Å². The van der Waals surface area contributed by atoms with Gasteiger partial charge in [0.25, 0.3) is 0 Å². The standard InChI is InChI=1S/C26H24ClFN4O3S.Na/c1-2-25-30-24(19-5-9-21(28)10-6-19)17-32(25)22-11-3-18(4-12-22)15-16-29-26(33)31-36(34,35)23-13-7-20(27)8-14-23;/h3-14,17H,2,15-16H2,1H3,(H2,29,31,33);/q;+1/p-1. The molecule has 0 saturated heterocycles. The summed E-state index contributed by atoms with van der Waals surface area (Å²) in [4.78, 5) is 16.6. The Balaban J connectivity index is 0.00000380. The number of benzene rings is 3. The average Bonchev–Trinajstić information content (AvgIpc) is 3.29. The van der Waals surface area contributed by atoms with Gasteiger partial charge in [0, 0.05) is 28.9 Å². The molecule has 11 heteroatoms. The Bertz CT molecular complexity index is 1460. The summed E-state index contributed by atoms with van der Waals surface area (Å²) in [7, 11) is -4.11. The first-order chi connectivity index (χ1) is 17.2. The SMILES string of the molecule is CCc1nc(-c2ccc(F)cc2)cn1-c1ccc(CCNC(=O)[N-]S(=O)(=O)c2ccc(Cl)cc2)cc1.[Na+]. The Labute approximate surface area is 242 Å². The Morgan fingerprint density at radius 1 is 1.03 bits per heavy atom. The number of sulfonamides is 1. The van der Waals surface area contributed by atoms with E-state index in [-0.39, 0.29) is 46.8 Å². The van der Waals surface area contributed by atoms with Gasteiger partial charge in [-0.3, -0.25) is 4.79 Å². The third-order valence-corrected chi connectivity index (χ3v) is 6.98. The Morgan fingerprint density at radius 3 is 2.30 bits per heavy atom. The minimum Gasteiger partial charge on any atom is -0.448 e. The van der Waals surface area contributed by atoms with Crippen LogP contribution >= 0.6 is 11.6 Å². The van der Waals surface area contributed by atoms with Crippen molar-refractivity contribution in [3.8, 4) is 16.9 Å². The molecule has 4 rings (SSSR count). The molecule has 3 aromatic carbocycles. The van der Waals surface area contributed by atoms with Crippen LogP contribution in [0.5, 0.6) is 0 Å². The largest absolute Gasteiger partial charge is 1.00 e. The molecule has 0 atom stereocenters. The van der Waals surface area contributed by atoms with Gasteiger partial charge in [-0.25, -0.2) is 17.8 Å². The van der Waals surface area contributed by atoms with Gasteiger partial charge in [-0.05, 0) is 79.2 Å². The molecule has 1 aromatic heterocycles. The Kier molecular flexibility index (Phi) is 9.92. The number of carbonyl (C=O) groups is 1. The normalized spacial score (nSPS) is 11.0. The number of amides is 2. The number of nitrogens with zero attached hydrogens (tertiary/aromatic N) is 3. The van der Waals surface area contributed by atoms with Gasteiger partial charge in [-0.1, -0.05) is 30.7 Å². The summed E-state index contributed by atoms with van der Waals surface area (Å²) >= 11 is 5.76. The summed E-state index contributed by atoms with van der Waals surface area (Å²) in [6.07, 6.45) is 3.13. The smallest absolute Gasteiger partial charge is 0.448 e. The minimum atomic E-state index is -4.11. The van der Waals surface area contributed by atoms with Gasteiger partial charge in [0.2, 0.25) is 10.0 Å². The van der Waals surface area contributed by atoms with E-state index in [0.29, 0.717) is 11.4 Å². The second kappa shape index (κ2) is 12.7. The van der Waals surface area contributed by atoms with Gasteiger partial charge in [0.05, 0.1) is 10.6 Å². The molecule has 0 unspecified atom stereocenters. The summed E-state index contributed by atoms with van der Waals surface area (Å²) in [5.74, 6) is 0.579. The molecule has 0 bridgehead atoms. The number of rotatable bonds is 8. The quantitative estimate of drug-likeness (QED) is 0.343. The van der Waals surface area contributed by atoms with E-state index in [0.717, 1.165) is 34.8 Å². The Hall–Kier alpha value is -2.69. The van der Waals surface area contributed by atoms with E-state index in [4.69, 9.17) is 11.6 Å². The number of urea groups is 1. The molecule has 0 radical (unpaired) electrons. The molecule has 37 heavy (non-hydrogen) atoms. The fraction of sp³-hybridized carbons (Fsp3) is 0.154. The molecule has 0 fully saturated rings. The molecule has 2 amide bonds. The summed E-state index contributed by atoms with van der Waals surface area (Å²) < 4.78 is 43.0. The van der Waals surface area contributed by atoms with E-state index in [1.54, 1.807) is 12.1 Å². The zero-order valence-corrected chi connectivity index (χ0v) is 23.9. The van der Waals surface area contributed by atoms with E-state index in [2.05, 4.69) is 15.0 Å². The number of nitrogens with one attached hydrogen (secondary N) is 1. The average molecular weight is 549 g/mol. The first-order valence-corrected chi connectivity index (χ1v) is 13.0. The van der Waals surface area contributed by atoms with E-state index in [9.17, 15) is 17.6 Å². The fourth-order valence-electron chi connectivity index (χ4n) is 3.59. The van der Waals surface area contributed by atoms with Crippen LogP contribution in [0.1, 0.15) is 18.3 Å². The van der Waals surface area contributed by atoms with Crippen molar-refractivity contribution in [3.05, 3.63) is 106 Å². The predicted molar refractivity (Wildman–Crippen MR) is 137 cm³/mol. The zero-order chi connectivity index (χ0) is 25.7. The molecule has 0 aliphatic carbocycles. The van der Waals surface area contributed by atoms with Crippen molar-refractivity contribution in [2.75, 3.05) is 6.54 Å². The molecule has 4 aromatic rings. The van der Waals surface area contributed by atoms with E-state index >= 15 is 0 Å². The van der Waals surface area contributed by atoms with Gasteiger partial charge < -0.3 is 14.6 Å². The molecule has 0 spiro atoms. The summed E-state index contributed by atoms with van der Waals surface area (Å²) in [5, 5.41) is 2.89. The van der Waals surface area contributed by atoms with Gasteiger partial charge in [-0.15, -0.1) is 0 Å². The number of aromatic nitrogens is 2. The minimum absolute atomic E-state index is 0. The Morgan fingerprint density at radius 2 is 1.68 bits per heavy atom. The second-order valence-corrected chi connectivity index (χ2v) is 9.98. The maximum Gasteiger partial charge on any atom is 1.00 e. The summed E-state index contributed by atoms with van der Waals surface area (Å²) in [5.41, 5.74) is 3.47. The van der Waals surface area contributed by atoms with Crippen LogP contribution in [0.3, 0.4) is 0 Å². The van der Waals surface area contributed by atoms with Crippen LogP contribution in [0.25, 0.3) is 21.7 Å². The zero-order valence-electron chi connectivity index (χ0n) is 20.4. The monoisotopic (exact) mass is 548 g/mol. The van der Waals surface area contributed by atoms with Gasteiger partial charge in [0.15, 0.2) is 6.03 Å². The van der Waals surface area contributed by atoms with Crippen LogP contribution in [-0.2, 0) is 22.9 Å². The molecule has 0 aliphatic heterocycles. The molecular weight excluding hydrogens is 526 g/mol. The summed E-state index contributed by atoms with van der Waals surface area (Å²) in [6, 6.07) is 18.5. The first kappa shape index (κ1) is 28.9. The van der Waals surface area contributed by atoms with Crippen LogP contribution in [0, 0.1) is 5.82 Å². The molecule has 1 heterocycles. The van der Waals surface area contributed by atoms with E-state index in [1.165, 1.54) is 36.4 Å². The van der Waals surface area contributed by atoms with Crippen molar-refractivity contribution in [2.45, 2.75) is 24.7 Å². The molecule has 186 valence electrons. The van der Waals surface area contributed by atoms with Crippen molar-refractivity contribution in [3.63, 3.8) is 0 Å². The van der Waals surface area contributed by atoms with Crippen molar-refractivity contribution in [2.24, 2.45) is 0 Å². The predicted octanol–water partition coefficient (Wildman–Crippen LogP) is 2.91. The second-order valence-electron chi connectivity index (χ2n) is 7.94. The number of imidazole rings is 1. The van der Waals surface area contributed by atoms with E-state index in [1.807, 2.05) is 42.0 Å². The third kappa shape index (κ3) is 7.43. The van der Waals surface area contributed by atoms with Gasteiger partial charge >= 0.3 is 29.6 Å². The molecule has 0 saturated carbocycles. The van der Waals surface area contributed by atoms with Crippen LogP contribution < -0.4 is 34.9 Å². The number of hydrogen-bond donors (Lipinski definition) is 1. The van der Waals surface area contributed by atoms with Crippen LogP contribution in [0.4, 0.5) is 9.18 Å².